The molecule has 0 fully saturated rings. The zero-order valence-corrected chi connectivity index (χ0v) is 11.1. The van der Waals surface area contributed by atoms with E-state index < -0.39 is 0 Å². The molecule has 0 aliphatic heterocycles. The topological polar surface area (TPSA) is 96.5 Å². The molecule has 0 aliphatic rings. The van der Waals surface area contributed by atoms with E-state index in [0.29, 0.717) is 17.9 Å². The van der Waals surface area contributed by atoms with Crippen LogP contribution in [-0.4, -0.2) is 32.2 Å². The number of aromatic amines is 2. The number of nitrogens with one attached hydrogen (secondary N) is 2. The van der Waals surface area contributed by atoms with Gasteiger partial charge in [-0.2, -0.15) is 5.21 Å². The van der Waals surface area contributed by atoms with Gasteiger partial charge in [-0.15, -0.1) is 10.2 Å². The maximum absolute atomic E-state index is 12.1. The first-order valence-electron chi connectivity index (χ1n) is 6.24. The second-order valence-electron chi connectivity index (χ2n) is 4.35. The fourth-order valence-electron chi connectivity index (χ4n) is 2.13. The Labute approximate surface area is 114 Å². The highest BCUT2D eigenvalue weighted by Crippen LogP contribution is 2.28. The van der Waals surface area contributed by atoms with Gasteiger partial charge in [-0.3, -0.25) is 4.79 Å². The molecule has 2 N–H and O–H groups in total. The lowest BCUT2D eigenvalue weighted by molar-refractivity contribution is 0.344. The van der Waals surface area contributed by atoms with Gasteiger partial charge in [0.2, 0.25) is 5.82 Å². The lowest BCUT2D eigenvalue weighted by Gasteiger charge is -2.10. The number of rotatable bonds is 3. The molecular formula is C13H13N5O2. The molecule has 102 valence electrons. The third-order valence-electron chi connectivity index (χ3n) is 3.07. The summed E-state index contributed by atoms with van der Waals surface area (Å²) >= 11 is 0. The van der Waals surface area contributed by atoms with Gasteiger partial charge in [0, 0.05) is 5.39 Å². The van der Waals surface area contributed by atoms with E-state index in [1.165, 1.54) is 0 Å². The fraction of sp³-hybridized carbons (Fsp3) is 0.231. The number of nitrogens with zero attached hydrogens (tertiary/aromatic N) is 3. The summed E-state index contributed by atoms with van der Waals surface area (Å²) in [6.07, 6.45) is 0. The number of hydrogen-bond donors (Lipinski definition) is 2. The third-order valence-corrected chi connectivity index (χ3v) is 3.07. The smallest absolute Gasteiger partial charge is 0.259 e. The maximum Gasteiger partial charge on any atom is 0.259 e. The van der Waals surface area contributed by atoms with E-state index in [1.54, 1.807) is 6.07 Å². The van der Waals surface area contributed by atoms with Crippen LogP contribution >= 0.6 is 0 Å². The van der Waals surface area contributed by atoms with Crippen LogP contribution in [0.1, 0.15) is 12.5 Å². The van der Waals surface area contributed by atoms with Crippen molar-refractivity contribution in [3.8, 4) is 17.1 Å². The highest BCUT2D eigenvalue weighted by atomic mass is 16.5. The van der Waals surface area contributed by atoms with Crippen molar-refractivity contribution in [3.05, 3.63) is 34.1 Å². The van der Waals surface area contributed by atoms with Crippen molar-refractivity contribution in [2.24, 2.45) is 0 Å². The zero-order chi connectivity index (χ0) is 14.1. The first-order chi connectivity index (χ1) is 9.70. The van der Waals surface area contributed by atoms with Crippen LogP contribution in [0.25, 0.3) is 22.3 Å². The normalized spacial score (nSPS) is 10.9. The molecule has 0 aliphatic carbocycles. The zero-order valence-electron chi connectivity index (χ0n) is 11.1. The van der Waals surface area contributed by atoms with Gasteiger partial charge in [-0.1, -0.05) is 6.07 Å². The van der Waals surface area contributed by atoms with Crippen molar-refractivity contribution in [1.82, 2.24) is 25.6 Å². The van der Waals surface area contributed by atoms with Gasteiger partial charge in [0.1, 0.15) is 5.75 Å². The molecule has 0 atom stereocenters. The molecule has 3 aromatic rings. The summed E-state index contributed by atoms with van der Waals surface area (Å²) in [5.41, 5.74) is 1.84. The Bertz CT molecular complexity index is 807. The highest BCUT2D eigenvalue weighted by molar-refractivity contribution is 5.90. The van der Waals surface area contributed by atoms with Crippen LogP contribution in [0, 0.1) is 6.92 Å². The van der Waals surface area contributed by atoms with Crippen LogP contribution in [-0.2, 0) is 0 Å². The van der Waals surface area contributed by atoms with Crippen molar-refractivity contribution in [1.29, 1.82) is 0 Å². The molecule has 20 heavy (non-hydrogen) atoms. The van der Waals surface area contributed by atoms with Crippen LogP contribution in [0.2, 0.25) is 0 Å². The molecule has 0 saturated carbocycles. The van der Waals surface area contributed by atoms with Crippen molar-refractivity contribution in [2.45, 2.75) is 13.8 Å². The van der Waals surface area contributed by atoms with Crippen LogP contribution < -0.4 is 10.3 Å². The van der Waals surface area contributed by atoms with E-state index >= 15 is 0 Å². The summed E-state index contributed by atoms with van der Waals surface area (Å²) in [6, 6.07) is 5.54. The largest absolute Gasteiger partial charge is 0.493 e. The average Bonchev–Trinajstić information content (AvgIpc) is 2.96. The standard InChI is InChI=1S/C13H13N5O2/c1-3-20-10-5-4-7(2)11-8(10)6-9(13(19)14-11)12-15-17-18-16-12/h4-6H,3H2,1-2H3,(H,14,19)(H,15,16,17,18). The number of H-pyrrole nitrogens is 2. The molecule has 7 nitrogen and oxygen atoms in total. The number of aromatic nitrogens is 5. The van der Waals surface area contributed by atoms with Gasteiger partial charge < -0.3 is 9.72 Å². The fourth-order valence-corrected chi connectivity index (χ4v) is 2.13. The van der Waals surface area contributed by atoms with Crippen molar-refractivity contribution >= 4 is 10.9 Å². The Balaban J connectivity index is 2.33. The Kier molecular flexibility index (Phi) is 2.94. The van der Waals surface area contributed by atoms with E-state index in [2.05, 4.69) is 25.6 Å². The van der Waals surface area contributed by atoms with Crippen molar-refractivity contribution in [2.75, 3.05) is 6.61 Å². The molecule has 0 unspecified atom stereocenters. The van der Waals surface area contributed by atoms with Crippen molar-refractivity contribution in [3.63, 3.8) is 0 Å². The quantitative estimate of drug-likeness (QED) is 0.750. The highest BCUT2D eigenvalue weighted by Gasteiger charge is 2.13. The minimum atomic E-state index is -0.254. The number of aryl methyl sites for hydroxylation is 1. The number of fused-ring (bicyclic) bond motifs is 1. The second-order valence-corrected chi connectivity index (χ2v) is 4.35. The summed E-state index contributed by atoms with van der Waals surface area (Å²) < 4.78 is 5.60. The van der Waals surface area contributed by atoms with Gasteiger partial charge in [0.25, 0.3) is 5.56 Å². The molecule has 3 rings (SSSR count). The molecule has 0 spiro atoms. The Morgan fingerprint density at radius 2 is 2.20 bits per heavy atom. The van der Waals surface area contributed by atoms with Crippen LogP contribution in [0.3, 0.4) is 0 Å². The minimum absolute atomic E-state index is 0.254. The molecule has 2 aromatic heterocycles. The van der Waals surface area contributed by atoms with E-state index in [1.807, 2.05) is 26.0 Å². The molecule has 0 radical (unpaired) electrons. The number of pyridine rings is 1. The lowest BCUT2D eigenvalue weighted by atomic mass is 10.1. The minimum Gasteiger partial charge on any atom is -0.493 e. The molecule has 0 saturated heterocycles. The molecule has 0 amide bonds. The monoisotopic (exact) mass is 271 g/mol. The van der Waals surface area contributed by atoms with Gasteiger partial charge in [0.05, 0.1) is 17.7 Å². The van der Waals surface area contributed by atoms with Crippen molar-refractivity contribution < 1.29 is 4.74 Å². The Morgan fingerprint density at radius 1 is 1.35 bits per heavy atom. The Morgan fingerprint density at radius 3 is 2.90 bits per heavy atom. The van der Waals surface area contributed by atoms with E-state index in [-0.39, 0.29) is 11.4 Å². The predicted octanol–water partition coefficient (Wildman–Crippen LogP) is 1.42. The molecular weight excluding hydrogens is 258 g/mol. The first kappa shape index (κ1) is 12.3. The van der Waals surface area contributed by atoms with E-state index in [9.17, 15) is 4.79 Å². The van der Waals surface area contributed by atoms with Gasteiger partial charge >= 0.3 is 0 Å². The van der Waals surface area contributed by atoms with Gasteiger partial charge in [0.15, 0.2) is 0 Å². The molecule has 7 heteroatoms. The average molecular weight is 271 g/mol. The summed E-state index contributed by atoms with van der Waals surface area (Å²) in [6.45, 7) is 4.40. The SMILES string of the molecule is CCOc1ccc(C)c2[nH]c(=O)c(-c3nn[nH]n3)cc12. The number of ether oxygens (including phenoxy) is 1. The van der Waals surface area contributed by atoms with Gasteiger partial charge in [-0.05, 0) is 36.8 Å². The molecule has 1 aromatic carbocycles. The molecule has 0 bridgehead atoms. The van der Waals surface area contributed by atoms with Gasteiger partial charge in [-0.25, -0.2) is 0 Å². The summed E-state index contributed by atoms with van der Waals surface area (Å²) in [5.74, 6) is 0.978. The maximum atomic E-state index is 12.1. The lowest BCUT2D eigenvalue weighted by Crippen LogP contribution is -2.10. The molecule has 2 heterocycles. The second kappa shape index (κ2) is 4.76. The van der Waals surface area contributed by atoms with Crippen LogP contribution in [0.4, 0.5) is 0 Å². The predicted molar refractivity (Wildman–Crippen MR) is 73.6 cm³/mol. The van der Waals surface area contributed by atoms with Crippen LogP contribution in [0.15, 0.2) is 23.0 Å². The summed E-state index contributed by atoms with van der Waals surface area (Å²) in [4.78, 5) is 15.0. The third kappa shape index (κ3) is 1.93. The Hall–Kier alpha value is -2.70. The summed E-state index contributed by atoms with van der Waals surface area (Å²) in [5, 5.41) is 14.3. The number of benzene rings is 1. The number of hydrogen-bond acceptors (Lipinski definition) is 5. The van der Waals surface area contributed by atoms with E-state index in [0.717, 1.165) is 16.5 Å². The number of tetrazole rings is 1. The summed E-state index contributed by atoms with van der Waals surface area (Å²) in [7, 11) is 0. The van der Waals surface area contributed by atoms with E-state index in [4.69, 9.17) is 4.74 Å². The first-order valence-corrected chi connectivity index (χ1v) is 6.24. The van der Waals surface area contributed by atoms with Crippen LogP contribution in [0.5, 0.6) is 5.75 Å².